The number of benzene rings is 3. The molecule has 0 bridgehead atoms. The van der Waals surface area contributed by atoms with Gasteiger partial charge in [0.1, 0.15) is 23.9 Å². The van der Waals surface area contributed by atoms with Crippen molar-refractivity contribution < 1.29 is 26.4 Å². The van der Waals surface area contributed by atoms with Crippen LogP contribution in [-0.4, -0.2) is 40.5 Å². The molecule has 0 aliphatic heterocycles. The molecular formula is C26H24N4O6S2. The summed E-state index contributed by atoms with van der Waals surface area (Å²) >= 11 is 0. The molecular weight excluding hydrogens is 528 g/mol. The second-order valence-electron chi connectivity index (χ2n) is 8.07. The first kappa shape index (κ1) is 26.6. The first-order valence-electron chi connectivity index (χ1n) is 11.2. The van der Waals surface area contributed by atoms with Crippen molar-refractivity contribution in [3.8, 4) is 11.5 Å². The Hall–Kier alpha value is -4.42. The molecule has 0 saturated carbocycles. The SMILES string of the molecule is CS(=O)(=O)N(CC(=O)Nc1ccc(S(=O)(=O)Nc2ccccn2)cc1)c1ccc(Oc2ccccc2)cc1. The average Bonchev–Trinajstić information content (AvgIpc) is 2.88. The van der Waals surface area contributed by atoms with Crippen molar-refractivity contribution in [3.63, 3.8) is 0 Å². The summed E-state index contributed by atoms with van der Waals surface area (Å²) in [6.07, 6.45) is 2.46. The van der Waals surface area contributed by atoms with E-state index in [1.54, 1.807) is 48.5 Å². The highest BCUT2D eigenvalue weighted by molar-refractivity contribution is 7.92. The van der Waals surface area contributed by atoms with Crippen LogP contribution in [0.5, 0.6) is 11.5 Å². The lowest BCUT2D eigenvalue weighted by Crippen LogP contribution is -2.37. The summed E-state index contributed by atoms with van der Waals surface area (Å²) in [7, 11) is -7.67. The van der Waals surface area contributed by atoms with E-state index in [1.807, 2.05) is 18.2 Å². The van der Waals surface area contributed by atoms with Gasteiger partial charge in [-0.2, -0.15) is 0 Å². The van der Waals surface area contributed by atoms with Gasteiger partial charge in [0.05, 0.1) is 16.8 Å². The van der Waals surface area contributed by atoms with Gasteiger partial charge >= 0.3 is 0 Å². The van der Waals surface area contributed by atoms with Crippen LogP contribution in [0.1, 0.15) is 0 Å². The quantitative estimate of drug-likeness (QED) is 0.303. The number of carbonyl (C=O) groups excluding carboxylic acids is 1. The van der Waals surface area contributed by atoms with E-state index < -0.39 is 32.5 Å². The smallest absolute Gasteiger partial charge is 0.263 e. The van der Waals surface area contributed by atoms with Gasteiger partial charge in [-0.3, -0.25) is 13.8 Å². The van der Waals surface area contributed by atoms with E-state index in [4.69, 9.17) is 4.74 Å². The Bertz CT molecular complexity index is 1600. The Morgan fingerprint density at radius 1 is 0.816 bits per heavy atom. The summed E-state index contributed by atoms with van der Waals surface area (Å²) in [5.74, 6) is 0.698. The first-order chi connectivity index (χ1) is 18.1. The van der Waals surface area contributed by atoms with Gasteiger partial charge in [-0.1, -0.05) is 24.3 Å². The molecule has 0 aliphatic rings. The first-order valence-corrected chi connectivity index (χ1v) is 14.6. The molecule has 10 nitrogen and oxygen atoms in total. The maximum atomic E-state index is 12.7. The van der Waals surface area contributed by atoms with Crippen molar-refractivity contribution >= 4 is 43.1 Å². The summed E-state index contributed by atoms with van der Waals surface area (Å²) in [5.41, 5.74) is 0.581. The summed E-state index contributed by atoms with van der Waals surface area (Å²) in [6, 6.07) is 25.7. The lowest BCUT2D eigenvalue weighted by molar-refractivity contribution is -0.114. The van der Waals surface area contributed by atoms with E-state index in [9.17, 15) is 21.6 Å². The second kappa shape index (κ2) is 11.3. The highest BCUT2D eigenvalue weighted by atomic mass is 32.2. The number of ether oxygens (including phenoxy) is 1. The number of carbonyl (C=O) groups is 1. The van der Waals surface area contributed by atoms with Crippen LogP contribution >= 0.6 is 0 Å². The number of para-hydroxylation sites is 1. The third kappa shape index (κ3) is 7.08. The average molecular weight is 553 g/mol. The third-order valence-electron chi connectivity index (χ3n) is 5.14. The number of hydrogen-bond donors (Lipinski definition) is 2. The van der Waals surface area contributed by atoms with Gasteiger partial charge in [-0.05, 0) is 72.8 Å². The Morgan fingerprint density at radius 3 is 2.05 bits per heavy atom. The number of aromatic nitrogens is 1. The van der Waals surface area contributed by atoms with Gasteiger partial charge in [-0.15, -0.1) is 0 Å². The number of nitrogens with zero attached hydrogens (tertiary/aromatic N) is 2. The monoisotopic (exact) mass is 552 g/mol. The summed E-state index contributed by atoms with van der Waals surface area (Å²) in [5, 5.41) is 2.59. The van der Waals surface area contributed by atoms with Crippen molar-refractivity contribution in [3.05, 3.63) is 103 Å². The number of hydrogen-bond acceptors (Lipinski definition) is 7. The third-order valence-corrected chi connectivity index (χ3v) is 7.65. The van der Waals surface area contributed by atoms with E-state index in [2.05, 4.69) is 15.0 Å². The van der Waals surface area contributed by atoms with E-state index in [0.29, 0.717) is 17.2 Å². The lowest BCUT2D eigenvalue weighted by Gasteiger charge is -2.22. The predicted molar refractivity (Wildman–Crippen MR) is 145 cm³/mol. The molecule has 0 atom stereocenters. The molecule has 12 heteroatoms. The van der Waals surface area contributed by atoms with Crippen LogP contribution in [0.3, 0.4) is 0 Å². The van der Waals surface area contributed by atoms with Crippen LogP contribution in [-0.2, 0) is 24.8 Å². The molecule has 0 saturated heterocycles. The number of rotatable bonds is 10. The van der Waals surface area contributed by atoms with Crippen molar-refractivity contribution in [2.24, 2.45) is 0 Å². The van der Waals surface area contributed by atoms with Gasteiger partial charge < -0.3 is 10.1 Å². The highest BCUT2D eigenvalue weighted by Gasteiger charge is 2.21. The van der Waals surface area contributed by atoms with E-state index in [1.165, 1.54) is 36.5 Å². The minimum absolute atomic E-state index is 0.0308. The van der Waals surface area contributed by atoms with E-state index >= 15 is 0 Å². The topological polar surface area (TPSA) is 135 Å². The zero-order chi connectivity index (χ0) is 27.2. The number of sulfonamides is 2. The molecule has 0 spiro atoms. The second-order valence-corrected chi connectivity index (χ2v) is 11.7. The molecule has 4 aromatic rings. The molecule has 1 aromatic heterocycles. The molecule has 0 unspecified atom stereocenters. The van der Waals surface area contributed by atoms with Gasteiger partial charge in [0.2, 0.25) is 15.9 Å². The Balaban J connectivity index is 1.42. The summed E-state index contributed by atoms with van der Waals surface area (Å²) < 4.78 is 59.0. The zero-order valence-electron chi connectivity index (χ0n) is 20.2. The largest absolute Gasteiger partial charge is 0.457 e. The normalized spacial score (nSPS) is 11.4. The number of amides is 1. The molecule has 3 aromatic carbocycles. The maximum absolute atomic E-state index is 12.7. The fraction of sp³-hybridized carbons (Fsp3) is 0.0769. The highest BCUT2D eigenvalue weighted by Crippen LogP contribution is 2.25. The van der Waals surface area contributed by atoms with Crippen LogP contribution in [0.2, 0.25) is 0 Å². The van der Waals surface area contributed by atoms with Crippen molar-refractivity contribution in [1.82, 2.24) is 4.98 Å². The molecule has 196 valence electrons. The Labute approximate surface area is 221 Å². The Morgan fingerprint density at radius 2 is 1.45 bits per heavy atom. The van der Waals surface area contributed by atoms with Crippen molar-refractivity contribution in [2.45, 2.75) is 4.90 Å². The van der Waals surface area contributed by atoms with Crippen molar-refractivity contribution in [2.75, 3.05) is 27.1 Å². The summed E-state index contributed by atoms with van der Waals surface area (Å²) in [4.78, 5) is 16.6. The fourth-order valence-corrected chi connectivity index (χ4v) is 5.24. The van der Waals surface area contributed by atoms with Crippen molar-refractivity contribution in [1.29, 1.82) is 0 Å². The van der Waals surface area contributed by atoms with Crippen LogP contribution in [0.25, 0.3) is 0 Å². The number of anilines is 3. The summed E-state index contributed by atoms with van der Waals surface area (Å²) in [6.45, 7) is -0.487. The molecule has 1 heterocycles. The molecule has 1 amide bonds. The number of pyridine rings is 1. The molecule has 38 heavy (non-hydrogen) atoms. The Kier molecular flexibility index (Phi) is 7.93. The zero-order valence-corrected chi connectivity index (χ0v) is 21.8. The van der Waals surface area contributed by atoms with Crippen LogP contribution in [0, 0.1) is 0 Å². The van der Waals surface area contributed by atoms with Gasteiger partial charge in [-0.25, -0.2) is 21.8 Å². The lowest BCUT2D eigenvalue weighted by atomic mass is 10.3. The predicted octanol–water partition coefficient (Wildman–Crippen LogP) is 4.08. The van der Waals surface area contributed by atoms with E-state index in [-0.39, 0.29) is 16.4 Å². The number of nitrogens with one attached hydrogen (secondary N) is 2. The van der Waals surface area contributed by atoms with E-state index in [0.717, 1.165) is 10.6 Å². The van der Waals surface area contributed by atoms with Gasteiger partial charge in [0.25, 0.3) is 10.0 Å². The maximum Gasteiger partial charge on any atom is 0.263 e. The van der Waals surface area contributed by atoms with Gasteiger partial charge in [0, 0.05) is 11.9 Å². The molecule has 0 radical (unpaired) electrons. The molecule has 0 aliphatic carbocycles. The molecule has 4 rings (SSSR count). The minimum atomic E-state index is -3.88. The molecule has 0 fully saturated rings. The standard InChI is InChI=1S/C26H24N4O6S2/c1-37(32,33)30(21-12-14-23(15-13-21)36-22-7-3-2-4-8-22)19-26(31)28-20-10-16-24(17-11-20)38(34,35)29-25-9-5-6-18-27-25/h2-18H,19H2,1H3,(H,27,29)(H,28,31). The van der Waals surface area contributed by atoms with Crippen LogP contribution in [0.4, 0.5) is 17.2 Å². The minimum Gasteiger partial charge on any atom is -0.457 e. The van der Waals surface area contributed by atoms with Crippen LogP contribution < -0.4 is 19.1 Å². The van der Waals surface area contributed by atoms with Crippen LogP contribution in [0.15, 0.2) is 108 Å². The fourth-order valence-electron chi connectivity index (χ4n) is 3.37. The van der Waals surface area contributed by atoms with Gasteiger partial charge in [0.15, 0.2) is 0 Å². The molecule has 2 N–H and O–H groups in total.